The third kappa shape index (κ3) is 5.30. The second-order valence-corrected chi connectivity index (χ2v) is 8.70. The average molecular weight is 445 g/mol. The zero-order chi connectivity index (χ0) is 21.5. The molecule has 1 amide bonds. The quantitative estimate of drug-likeness (QED) is 0.451. The fourth-order valence-corrected chi connectivity index (χ4v) is 5.25. The maximum Gasteiger partial charge on any atom is 0.254 e. The van der Waals surface area contributed by atoms with E-state index in [-0.39, 0.29) is 11.9 Å². The molecule has 1 unspecified atom stereocenters. The van der Waals surface area contributed by atoms with E-state index in [1.807, 2.05) is 19.9 Å². The third-order valence-corrected chi connectivity index (χ3v) is 6.92. The first kappa shape index (κ1) is 22.5. The molecule has 30 heavy (non-hydrogen) atoms. The van der Waals surface area contributed by atoms with Crippen molar-refractivity contribution in [3.05, 3.63) is 63.3 Å². The summed E-state index contributed by atoms with van der Waals surface area (Å²) in [5, 5.41) is 12.1. The van der Waals surface area contributed by atoms with E-state index in [0.717, 1.165) is 30.1 Å². The van der Waals surface area contributed by atoms with Crippen molar-refractivity contribution >= 4 is 29.0 Å². The predicted octanol–water partition coefficient (Wildman–Crippen LogP) is 4.85. The highest BCUT2D eigenvalue weighted by atomic mass is 32.2. The molecular weight excluding hydrogens is 416 g/mol. The molecule has 3 aromatic rings. The molecule has 1 N–H and O–H groups in total. The Labute approximate surface area is 186 Å². The Morgan fingerprint density at radius 3 is 2.73 bits per heavy atom. The van der Waals surface area contributed by atoms with Crippen LogP contribution in [0.25, 0.3) is 0 Å². The Bertz CT molecular complexity index is 932. The van der Waals surface area contributed by atoms with Gasteiger partial charge in [0.25, 0.3) is 5.91 Å². The van der Waals surface area contributed by atoms with Gasteiger partial charge in [-0.1, -0.05) is 19.0 Å². The molecule has 0 bridgehead atoms. The van der Waals surface area contributed by atoms with E-state index >= 15 is 0 Å². The second kappa shape index (κ2) is 10.7. The highest BCUT2D eigenvalue weighted by Gasteiger charge is 2.21. The molecule has 3 aromatic heterocycles. The fraction of sp³-hybridized carbons (Fsp3) is 0.409. The number of thioether (sulfide) groups is 1. The molecule has 0 radical (unpaired) electrons. The summed E-state index contributed by atoms with van der Waals surface area (Å²) in [4.78, 5) is 19.8. The van der Waals surface area contributed by atoms with E-state index in [1.54, 1.807) is 23.6 Å². The number of carbonyl (C=O) groups excluding carboxylic acids is 1. The average Bonchev–Trinajstić information content (AvgIpc) is 3.40. The van der Waals surface area contributed by atoms with Crippen molar-refractivity contribution in [3.63, 3.8) is 0 Å². The van der Waals surface area contributed by atoms with Crippen molar-refractivity contribution in [1.82, 2.24) is 20.4 Å². The minimum absolute atomic E-state index is 0.100. The maximum atomic E-state index is 13.0. The number of hydrogen-bond acceptors (Lipinski definition) is 7. The predicted molar refractivity (Wildman–Crippen MR) is 122 cm³/mol. The summed E-state index contributed by atoms with van der Waals surface area (Å²) in [5.41, 5.74) is 3.76. The summed E-state index contributed by atoms with van der Waals surface area (Å²) in [6, 6.07) is 5.92. The molecule has 0 fully saturated rings. The number of nitrogens with one attached hydrogen (secondary N) is 1. The summed E-state index contributed by atoms with van der Waals surface area (Å²) >= 11 is 3.21. The lowest BCUT2D eigenvalue weighted by molar-refractivity contribution is 0.0931. The number of nitrogens with zero attached hydrogens (tertiary/aromatic N) is 3. The summed E-state index contributed by atoms with van der Waals surface area (Å²) in [6.07, 6.45) is 1.72. The van der Waals surface area contributed by atoms with Crippen LogP contribution in [0.2, 0.25) is 0 Å². The number of pyridine rings is 1. The Hall–Kier alpha value is -2.16. The standard InChI is InChI=1S/C22H28N4O2S2/c1-5-26(6-2)20(17-9-11-29-13-17)12-24-21(27)18-8-7-10-23-22(18)30-14-19-15(3)25-28-16(19)4/h7-11,13,20H,5-6,12,14H2,1-4H3,(H,24,27). The van der Waals surface area contributed by atoms with E-state index < -0.39 is 0 Å². The Morgan fingerprint density at radius 1 is 1.30 bits per heavy atom. The molecular formula is C22H28N4O2S2. The van der Waals surface area contributed by atoms with Crippen LogP contribution in [-0.4, -0.2) is 40.6 Å². The van der Waals surface area contributed by atoms with Gasteiger partial charge in [-0.2, -0.15) is 11.3 Å². The van der Waals surface area contributed by atoms with Crippen LogP contribution in [0.3, 0.4) is 0 Å². The number of aromatic nitrogens is 2. The lowest BCUT2D eigenvalue weighted by Crippen LogP contribution is -2.38. The van der Waals surface area contributed by atoms with Crippen molar-refractivity contribution in [2.75, 3.05) is 19.6 Å². The van der Waals surface area contributed by atoms with Crippen molar-refractivity contribution in [3.8, 4) is 0 Å². The van der Waals surface area contributed by atoms with Gasteiger partial charge in [0.05, 0.1) is 17.3 Å². The first-order chi connectivity index (χ1) is 14.5. The highest BCUT2D eigenvalue weighted by molar-refractivity contribution is 7.98. The van der Waals surface area contributed by atoms with E-state index in [1.165, 1.54) is 17.3 Å². The number of aryl methyl sites for hydroxylation is 2. The van der Waals surface area contributed by atoms with Gasteiger partial charge in [0.1, 0.15) is 10.8 Å². The van der Waals surface area contributed by atoms with Gasteiger partial charge < -0.3 is 9.84 Å². The van der Waals surface area contributed by atoms with Crippen molar-refractivity contribution in [2.24, 2.45) is 0 Å². The molecule has 0 aliphatic rings. The minimum Gasteiger partial charge on any atom is -0.361 e. The lowest BCUT2D eigenvalue weighted by atomic mass is 10.1. The highest BCUT2D eigenvalue weighted by Crippen LogP contribution is 2.27. The molecule has 0 saturated heterocycles. The number of rotatable bonds is 10. The third-order valence-electron chi connectivity index (χ3n) is 5.19. The van der Waals surface area contributed by atoms with Crippen LogP contribution in [0.4, 0.5) is 0 Å². The molecule has 160 valence electrons. The molecule has 8 heteroatoms. The number of likely N-dealkylation sites (N-methyl/N-ethyl adjacent to an activating group) is 1. The van der Waals surface area contributed by atoms with Gasteiger partial charge in [-0.25, -0.2) is 4.98 Å². The van der Waals surface area contributed by atoms with Crippen LogP contribution >= 0.6 is 23.1 Å². The zero-order valence-electron chi connectivity index (χ0n) is 17.8. The molecule has 0 aliphatic carbocycles. The van der Waals surface area contributed by atoms with Gasteiger partial charge in [0, 0.05) is 24.1 Å². The molecule has 0 spiro atoms. The van der Waals surface area contributed by atoms with E-state index in [0.29, 0.717) is 22.9 Å². The number of amides is 1. The van der Waals surface area contributed by atoms with Crippen molar-refractivity contribution in [1.29, 1.82) is 0 Å². The van der Waals surface area contributed by atoms with Gasteiger partial charge in [-0.15, -0.1) is 11.8 Å². The Morgan fingerprint density at radius 2 is 2.10 bits per heavy atom. The molecule has 3 heterocycles. The van der Waals surface area contributed by atoms with Crippen molar-refractivity contribution in [2.45, 2.75) is 44.5 Å². The van der Waals surface area contributed by atoms with Gasteiger partial charge in [-0.05, 0) is 61.5 Å². The van der Waals surface area contributed by atoms with Crippen molar-refractivity contribution < 1.29 is 9.32 Å². The number of carbonyl (C=O) groups is 1. The fourth-order valence-electron chi connectivity index (χ4n) is 3.40. The number of hydrogen-bond donors (Lipinski definition) is 1. The molecule has 0 aromatic carbocycles. The van der Waals surface area contributed by atoms with Crippen LogP contribution in [0.15, 0.2) is 44.7 Å². The monoisotopic (exact) mass is 444 g/mol. The first-order valence-electron chi connectivity index (χ1n) is 10.1. The zero-order valence-corrected chi connectivity index (χ0v) is 19.5. The molecule has 0 saturated carbocycles. The van der Waals surface area contributed by atoms with Gasteiger partial charge in [-0.3, -0.25) is 9.69 Å². The SMILES string of the molecule is CCN(CC)C(CNC(=O)c1cccnc1SCc1c(C)noc1C)c1ccsc1. The topological polar surface area (TPSA) is 71.3 Å². The summed E-state index contributed by atoms with van der Waals surface area (Å²) in [5.74, 6) is 1.37. The minimum atomic E-state index is -0.100. The summed E-state index contributed by atoms with van der Waals surface area (Å²) in [7, 11) is 0. The second-order valence-electron chi connectivity index (χ2n) is 6.95. The normalized spacial score (nSPS) is 12.3. The molecule has 3 rings (SSSR count). The van der Waals surface area contributed by atoms with Crippen LogP contribution < -0.4 is 5.32 Å². The van der Waals surface area contributed by atoms with E-state index in [4.69, 9.17) is 4.52 Å². The Kier molecular flexibility index (Phi) is 8.07. The largest absolute Gasteiger partial charge is 0.361 e. The lowest BCUT2D eigenvalue weighted by Gasteiger charge is -2.29. The Balaban J connectivity index is 1.70. The summed E-state index contributed by atoms with van der Waals surface area (Å²) < 4.78 is 5.24. The smallest absolute Gasteiger partial charge is 0.254 e. The van der Waals surface area contributed by atoms with Gasteiger partial charge in [0.15, 0.2) is 0 Å². The maximum absolute atomic E-state index is 13.0. The van der Waals surface area contributed by atoms with Gasteiger partial charge >= 0.3 is 0 Å². The summed E-state index contributed by atoms with van der Waals surface area (Å²) in [6.45, 7) is 10.5. The van der Waals surface area contributed by atoms with E-state index in [2.05, 4.69) is 51.0 Å². The van der Waals surface area contributed by atoms with Crippen LogP contribution in [0.1, 0.15) is 52.8 Å². The van der Waals surface area contributed by atoms with E-state index in [9.17, 15) is 4.79 Å². The van der Waals surface area contributed by atoms with Crippen LogP contribution in [-0.2, 0) is 5.75 Å². The molecule has 6 nitrogen and oxygen atoms in total. The van der Waals surface area contributed by atoms with Crippen LogP contribution in [0.5, 0.6) is 0 Å². The molecule has 1 atom stereocenters. The van der Waals surface area contributed by atoms with Gasteiger partial charge in [0.2, 0.25) is 0 Å². The van der Waals surface area contributed by atoms with Crippen LogP contribution in [0, 0.1) is 13.8 Å². The number of thiophene rings is 1. The molecule has 0 aliphatic heterocycles. The first-order valence-corrected chi connectivity index (χ1v) is 12.0.